The summed E-state index contributed by atoms with van der Waals surface area (Å²) in [5, 5.41) is 22.7. The highest BCUT2D eigenvalue weighted by molar-refractivity contribution is 5.85. The van der Waals surface area contributed by atoms with Crippen LogP contribution in [0.15, 0.2) is 23.4 Å². The van der Waals surface area contributed by atoms with Gasteiger partial charge in [0.2, 0.25) is 0 Å². The number of nitro groups is 1. The third-order valence-electron chi connectivity index (χ3n) is 3.41. The van der Waals surface area contributed by atoms with Crippen molar-refractivity contribution in [2.45, 2.75) is 33.6 Å². The number of rotatable bonds is 7. The molecule has 0 fully saturated rings. The molecule has 7 nitrogen and oxygen atoms in total. The average Bonchev–Trinajstić information content (AvgIpc) is 2.46. The van der Waals surface area contributed by atoms with Crippen molar-refractivity contribution in [2.75, 3.05) is 6.61 Å². The van der Waals surface area contributed by atoms with Gasteiger partial charge in [0.05, 0.1) is 11.5 Å². The topological polar surface area (TPSA) is 111 Å². The molecule has 0 saturated carbocycles. The molecule has 0 aliphatic rings. The van der Waals surface area contributed by atoms with Crippen LogP contribution in [0.5, 0.6) is 5.75 Å². The number of amidine groups is 1. The number of ether oxygens (including phenoxy) is 1. The third-order valence-corrected chi connectivity index (χ3v) is 3.41. The van der Waals surface area contributed by atoms with Crippen LogP contribution in [0.1, 0.15) is 32.8 Å². The number of oxime groups is 1. The molecule has 0 saturated heterocycles. The highest BCUT2D eigenvalue weighted by Crippen LogP contribution is 2.29. The normalized spacial score (nSPS) is 12.2. The van der Waals surface area contributed by atoms with Crippen molar-refractivity contribution in [3.63, 3.8) is 0 Å². The molecule has 0 amide bonds. The van der Waals surface area contributed by atoms with Crippen LogP contribution in [0, 0.1) is 15.5 Å². The van der Waals surface area contributed by atoms with Crippen molar-refractivity contribution in [1.29, 1.82) is 0 Å². The molecule has 21 heavy (non-hydrogen) atoms. The van der Waals surface area contributed by atoms with E-state index in [1.54, 1.807) is 26.0 Å². The Balaban J connectivity index is 2.78. The summed E-state index contributed by atoms with van der Waals surface area (Å²) in [6.45, 7) is 5.77. The van der Waals surface area contributed by atoms with Crippen molar-refractivity contribution in [3.05, 3.63) is 33.9 Å². The fourth-order valence-corrected chi connectivity index (χ4v) is 1.73. The quantitative estimate of drug-likeness (QED) is 0.264. The minimum atomic E-state index is -0.549. The molecule has 116 valence electrons. The van der Waals surface area contributed by atoms with Crippen molar-refractivity contribution in [3.8, 4) is 5.75 Å². The van der Waals surface area contributed by atoms with Crippen molar-refractivity contribution >= 4 is 11.5 Å². The minimum Gasteiger partial charge on any atom is -0.487 e. The second-order valence-electron chi connectivity index (χ2n) is 5.38. The van der Waals surface area contributed by atoms with Gasteiger partial charge in [0.15, 0.2) is 5.75 Å². The van der Waals surface area contributed by atoms with Gasteiger partial charge in [-0.15, -0.1) is 0 Å². The Morgan fingerprint density at radius 2 is 2.19 bits per heavy atom. The van der Waals surface area contributed by atoms with Crippen molar-refractivity contribution in [2.24, 2.45) is 16.3 Å². The van der Waals surface area contributed by atoms with Crippen LogP contribution < -0.4 is 10.5 Å². The van der Waals surface area contributed by atoms with E-state index in [9.17, 15) is 10.1 Å². The Kier molecular flexibility index (Phi) is 5.52. The van der Waals surface area contributed by atoms with Gasteiger partial charge in [-0.05, 0) is 24.5 Å². The highest BCUT2D eigenvalue weighted by atomic mass is 16.6. The maximum absolute atomic E-state index is 11.1. The monoisotopic (exact) mass is 295 g/mol. The fraction of sp³-hybridized carbons (Fsp3) is 0.500. The molecule has 0 spiro atoms. The van der Waals surface area contributed by atoms with Crippen molar-refractivity contribution < 1.29 is 14.9 Å². The van der Waals surface area contributed by atoms with Gasteiger partial charge in [-0.2, -0.15) is 0 Å². The minimum absolute atomic E-state index is 0.0454. The Labute approximate surface area is 123 Å². The summed E-state index contributed by atoms with van der Waals surface area (Å²) in [5.74, 6) is 0.328. The van der Waals surface area contributed by atoms with E-state index in [0.29, 0.717) is 6.42 Å². The first kappa shape index (κ1) is 16.7. The SMILES string of the molecule is CCc1ccc(OCCC(C)(C)C(N)=NO)c([N+](=O)[O-])c1. The van der Waals surface area contributed by atoms with Gasteiger partial charge in [-0.25, -0.2) is 0 Å². The standard InChI is InChI=1S/C14H21N3O4/c1-4-10-5-6-12(11(9-10)17(19)20)21-8-7-14(2,3)13(15)16-18/h5-6,9,18H,4,7-8H2,1-3H3,(H2,15,16). The zero-order valence-electron chi connectivity index (χ0n) is 12.5. The summed E-state index contributed by atoms with van der Waals surface area (Å²) >= 11 is 0. The fourth-order valence-electron chi connectivity index (χ4n) is 1.73. The molecule has 0 atom stereocenters. The second-order valence-corrected chi connectivity index (χ2v) is 5.38. The molecule has 0 aromatic heterocycles. The van der Waals surface area contributed by atoms with Crippen molar-refractivity contribution in [1.82, 2.24) is 0 Å². The zero-order chi connectivity index (χ0) is 16.0. The second kappa shape index (κ2) is 6.92. The summed E-state index contributed by atoms with van der Waals surface area (Å²) < 4.78 is 5.49. The Morgan fingerprint density at radius 1 is 1.52 bits per heavy atom. The van der Waals surface area contributed by atoms with Gasteiger partial charge >= 0.3 is 5.69 Å². The zero-order valence-corrected chi connectivity index (χ0v) is 12.5. The number of aryl methyl sites for hydroxylation is 1. The molecule has 0 heterocycles. The van der Waals surface area contributed by atoms with Crippen LogP contribution >= 0.6 is 0 Å². The molecule has 3 N–H and O–H groups in total. The van der Waals surface area contributed by atoms with Crippen LogP contribution in [-0.2, 0) is 6.42 Å². The van der Waals surface area contributed by atoms with E-state index in [1.165, 1.54) is 6.07 Å². The molecular formula is C14H21N3O4. The van der Waals surface area contributed by atoms with Gasteiger partial charge in [0.1, 0.15) is 5.84 Å². The van der Waals surface area contributed by atoms with Crippen LogP contribution in [0.3, 0.4) is 0 Å². The summed E-state index contributed by atoms with van der Waals surface area (Å²) in [6, 6.07) is 4.93. The van der Waals surface area contributed by atoms with Gasteiger partial charge in [-0.1, -0.05) is 32.0 Å². The van der Waals surface area contributed by atoms with Crippen LogP contribution in [0.25, 0.3) is 0 Å². The van der Waals surface area contributed by atoms with E-state index < -0.39 is 10.3 Å². The van der Waals surface area contributed by atoms with Gasteiger partial charge < -0.3 is 15.7 Å². The van der Waals surface area contributed by atoms with E-state index in [4.69, 9.17) is 15.7 Å². The lowest BCUT2D eigenvalue weighted by Crippen LogP contribution is -2.33. The van der Waals surface area contributed by atoms with E-state index >= 15 is 0 Å². The van der Waals surface area contributed by atoms with E-state index in [0.717, 1.165) is 12.0 Å². The van der Waals surface area contributed by atoms with E-state index in [1.807, 2.05) is 6.92 Å². The highest BCUT2D eigenvalue weighted by Gasteiger charge is 2.24. The third kappa shape index (κ3) is 4.34. The summed E-state index contributed by atoms with van der Waals surface area (Å²) in [7, 11) is 0. The molecular weight excluding hydrogens is 274 g/mol. The number of hydrogen-bond donors (Lipinski definition) is 2. The number of nitrogens with zero attached hydrogens (tertiary/aromatic N) is 2. The molecule has 0 bridgehead atoms. The number of nitrogens with two attached hydrogens (primary N) is 1. The predicted molar refractivity (Wildman–Crippen MR) is 79.8 cm³/mol. The first-order valence-electron chi connectivity index (χ1n) is 6.70. The smallest absolute Gasteiger partial charge is 0.311 e. The lowest BCUT2D eigenvalue weighted by molar-refractivity contribution is -0.385. The van der Waals surface area contributed by atoms with E-state index in [2.05, 4.69) is 5.16 Å². The number of benzene rings is 1. The average molecular weight is 295 g/mol. The molecule has 1 aromatic rings. The number of hydrogen-bond acceptors (Lipinski definition) is 5. The maximum Gasteiger partial charge on any atom is 0.311 e. The first-order chi connectivity index (χ1) is 9.81. The summed E-state index contributed by atoms with van der Waals surface area (Å²) in [5.41, 5.74) is 5.87. The molecule has 1 aromatic carbocycles. The lowest BCUT2D eigenvalue weighted by atomic mass is 9.88. The van der Waals surface area contributed by atoms with Gasteiger partial charge in [0.25, 0.3) is 0 Å². The lowest BCUT2D eigenvalue weighted by Gasteiger charge is -2.22. The molecule has 0 unspecified atom stereocenters. The predicted octanol–water partition coefficient (Wildman–Crippen LogP) is 2.70. The molecule has 1 rings (SSSR count). The first-order valence-corrected chi connectivity index (χ1v) is 6.70. The van der Waals surface area contributed by atoms with Gasteiger partial charge in [0, 0.05) is 11.5 Å². The van der Waals surface area contributed by atoms with Crippen LogP contribution in [0.4, 0.5) is 5.69 Å². The molecule has 0 aliphatic heterocycles. The summed E-state index contributed by atoms with van der Waals surface area (Å²) in [6.07, 6.45) is 1.19. The van der Waals surface area contributed by atoms with Crippen LogP contribution in [-0.4, -0.2) is 22.6 Å². The Bertz CT molecular complexity index is 541. The van der Waals surface area contributed by atoms with E-state index in [-0.39, 0.29) is 23.9 Å². The molecule has 7 heteroatoms. The molecule has 0 radical (unpaired) electrons. The largest absolute Gasteiger partial charge is 0.487 e. The Hall–Kier alpha value is -2.31. The number of nitro benzene ring substituents is 1. The maximum atomic E-state index is 11.1. The summed E-state index contributed by atoms with van der Waals surface area (Å²) in [4.78, 5) is 10.6. The van der Waals surface area contributed by atoms with Gasteiger partial charge in [-0.3, -0.25) is 10.1 Å². The molecule has 0 aliphatic carbocycles. The Morgan fingerprint density at radius 3 is 2.71 bits per heavy atom. The van der Waals surface area contributed by atoms with Crippen LogP contribution in [0.2, 0.25) is 0 Å².